The minimum atomic E-state index is -1.02. The quantitative estimate of drug-likeness (QED) is 0.0691. The molecule has 0 N–H and O–H groups in total. The van der Waals surface area contributed by atoms with E-state index in [2.05, 4.69) is 111 Å². The van der Waals surface area contributed by atoms with E-state index in [-0.39, 0.29) is 0 Å². The topological polar surface area (TPSA) is 0 Å². The molecule has 0 radical (unpaired) electrons. The zero-order valence-corrected chi connectivity index (χ0v) is 39.8. The van der Waals surface area contributed by atoms with Crippen LogP contribution in [-0.2, 0) is 23.9 Å². The first-order valence-electron chi connectivity index (χ1n) is 24.2. The fourth-order valence-electron chi connectivity index (χ4n) is 11.5. The van der Waals surface area contributed by atoms with Gasteiger partial charge in [0.05, 0.1) is 0 Å². The first-order chi connectivity index (χ1) is 28.6. The normalized spacial score (nSPS) is 20.1. The average molecular weight is 863 g/mol. The molecule has 4 aliphatic carbocycles. The Balaban J connectivity index is 1.04. The van der Waals surface area contributed by atoms with Crippen LogP contribution in [0.3, 0.4) is 0 Å². The van der Waals surface area contributed by atoms with Crippen molar-refractivity contribution in [2.45, 2.75) is 178 Å². The van der Waals surface area contributed by atoms with Crippen molar-refractivity contribution in [2.24, 2.45) is 0 Å². The number of hydrogen-bond acceptors (Lipinski definition) is 0. The third-order valence-electron chi connectivity index (χ3n) is 14.9. The van der Waals surface area contributed by atoms with Gasteiger partial charge in [-0.15, -0.1) is 0 Å². The van der Waals surface area contributed by atoms with Crippen LogP contribution in [0.5, 0.6) is 0 Å². The van der Waals surface area contributed by atoms with Crippen molar-refractivity contribution in [3.05, 3.63) is 129 Å². The number of allylic oxidation sites excluding steroid dienone is 2. The number of hydrogen-bond donors (Lipinski definition) is 0. The molecule has 2 unspecified atom stereocenters. The molecule has 0 nitrogen and oxygen atoms in total. The summed E-state index contributed by atoms with van der Waals surface area (Å²) in [6.45, 7) is 4.69. The molecule has 2 saturated carbocycles. The fraction of sp³-hybridized carbons (Fsp3) is 0.500. The molecule has 0 aromatic heterocycles. The van der Waals surface area contributed by atoms with Gasteiger partial charge < -0.3 is 0 Å². The van der Waals surface area contributed by atoms with Crippen molar-refractivity contribution < 1.29 is 23.9 Å². The van der Waals surface area contributed by atoms with E-state index in [4.69, 9.17) is 0 Å². The van der Waals surface area contributed by atoms with E-state index < -0.39 is 5.92 Å². The predicted octanol–water partition coefficient (Wildman–Crippen LogP) is 17.0. The molecule has 58 heavy (non-hydrogen) atoms. The standard InChI is InChI=1S/C56H71Si.Zr/c1-3-5-7-11-23-47-37-53-49(45-33-29-43(30-34-45)41-19-13-9-14-20-41)25-17-27-51(53)55(47)39-57-40-56-48(24-12-8-6-4-2)38-54-50(26-18-28-52(54)56)46-35-31-44(32-36-46)42-21-15-10-16-22-42;/h17-18,25-38,41-42,55-57H,3-16,19-24,39-40H2,1-2H3;. The first kappa shape index (κ1) is 42.2. The summed E-state index contributed by atoms with van der Waals surface area (Å²) in [6.07, 6.45) is 32.6. The van der Waals surface area contributed by atoms with Gasteiger partial charge in [-0.05, 0) is 0 Å². The van der Waals surface area contributed by atoms with Gasteiger partial charge in [0.2, 0.25) is 0 Å². The summed E-state index contributed by atoms with van der Waals surface area (Å²) in [4.78, 5) is 0. The van der Waals surface area contributed by atoms with Gasteiger partial charge in [0.25, 0.3) is 0 Å². The first-order valence-corrected chi connectivity index (χ1v) is 30.7. The van der Waals surface area contributed by atoms with Crippen molar-refractivity contribution in [3.63, 3.8) is 0 Å². The Bertz CT molecular complexity index is 1840. The van der Waals surface area contributed by atoms with Crippen LogP contribution < -0.4 is 0 Å². The van der Waals surface area contributed by atoms with Crippen LogP contribution in [0.4, 0.5) is 0 Å². The van der Waals surface area contributed by atoms with Crippen molar-refractivity contribution >= 4 is 18.1 Å². The molecule has 2 fully saturated rings. The number of benzene rings is 4. The summed E-state index contributed by atoms with van der Waals surface area (Å²) in [5.74, 6) is 1.74. The van der Waals surface area contributed by atoms with Crippen LogP contribution in [0, 0.1) is 0 Å². The van der Waals surface area contributed by atoms with E-state index in [1.165, 1.54) is 163 Å². The van der Waals surface area contributed by atoms with Gasteiger partial charge in [-0.1, -0.05) is 38.5 Å². The summed E-state index contributed by atoms with van der Waals surface area (Å²) in [7, 11) is 0. The summed E-state index contributed by atoms with van der Waals surface area (Å²) >= 11 is 1.85. The molecule has 4 aliphatic rings. The molecular formula is C56H71SiZr. The van der Waals surface area contributed by atoms with Gasteiger partial charge in [-0.3, -0.25) is 0 Å². The summed E-state index contributed by atoms with van der Waals surface area (Å²) in [6, 6.07) is 37.2. The Labute approximate surface area is 369 Å². The third-order valence-corrected chi connectivity index (χ3v) is 20.4. The maximum absolute atomic E-state index is 2.68. The average Bonchev–Trinajstić information content (AvgIpc) is 3.81. The van der Waals surface area contributed by atoms with E-state index >= 15 is 0 Å². The van der Waals surface area contributed by atoms with Crippen LogP contribution in [0.15, 0.2) is 96.1 Å². The monoisotopic (exact) mass is 861 g/mol. The Hall–Kier alpha value is -2.54. The molecular weight excluding hydrogens is 792 g/mol. The Morgan fingerprint density at radius 3 is 1.29 bits per heavy atom. The van der Waals surface area contributed by atoms with Gasteiger partial charge >= 0.3 is 333 Å². The summed E-state index contributed by atoms with van der Waals surface area (Å²) < 4.78 is 0. The van der Waals surface area contributed by atoms with Gasteiger partial charge in [-0.2, -0.15) is 0 Å². The van der Waals surface area contributed by atoms with Gasteiger partial charge in [-0.25, -0.2) is 0 Å². The number of unbranched alkanes of at least 4 members (excludes halogenated alkanes) is 6. The van der Waals surface area contributed by atoms with Gasteiger partial charge in [0, 0.05) is 0 Å². The third kappa shape index (κ3) is 9.97. The molecule has 0 spiro atoms. The minimum absolute atomic E-state index is 0.612. The van der Waals surface area contributed by atoms with Crippen molar-refractivity contribution in [3.8, 4) is 22.3 Å². The number of rotatable bonds is 18. The van der Waals surface area contributed by atoms with Gasteiger partial charge in [0.15, 0.2) is 0 Å². The Morgan fingerprint density at radius 2 is 0.897 bits per heavy atom. The second-order valence-electron chi connectivity index (χ2n) is 18.9. The van der Waals surface area contributed by atoms with Crippen LogP contribution in [-0.4, -0.2) is 5.92 Å². The molecule has 8 rings (SSSR count). The molecule has 4 aromatic rings. The van der Waals surface area contributed by atoms with Gasteiger partial charge in [0.1, 0.15) is 0 Å². The molecule has 0 amide bonds. The van der Waals surface area contributed by atoms with E-state index in [0.29, 0.717) is 11.8 Å². The second-order valence-corrected chi connectivity index (χ2v) is 27.2. The van der Waals surface area contributed by atoms with Crippen LogP contribution in [0.1, 0.15) is 199 Å². The molecule has 2 atom stereocenters. The van der Waals surface area contributed by atoms with E-state index in [9.17, 15) is 0 Å². The van der Waals surface area contributed by atoms with Crippen molar-refractivity contribution in [2.75, 3.05) is 0 Å². The summed E-state index contributed by atoms with van der Waals surface area (Å²) in [5, 5.41) is 0. The molecule has 0 aliphatic heterocycles. The summed E-state index contributed by atoms with van der Waals surface area (Å²) in [5.41, 5.74) is 18.7. The molecule has 0 saturated heterocycles. The zero-order chi connectivity index (χ0) is 39.7. The SMILES string of the molecule is CCCCCCC1=Cc2c(-c3ccc(C4CCCCC4)cc3)cccc2C1C[SiH]([Zr])CC1C(CCCCCC)=Cc2c(-c3ccc(C4CCCCC4)cc3)cccc21. The van der Waals surface area contributed by atoms with E-state index in [0.717, 1.165) is 11.8 Å². The van der Waals surface area contributed by atoms with Crippen LogP contribution in [0.25, 0.3) is 34.4 Å². The molecule has 0 bridgehead atoms. The van der Waals surface area contributed by atoms with Crippen LogP contribution in [0.2, 0.25) is 12.1 Å². The predicted molar refractivity (Wildman–Crippen MR) is 251 cm³/mol. The Kier molecular flexibility index (Phi) is 15.1. The fourth-order valence-corrected chi connectivity index (χ4v) is 17.5. The van der Waals surface area contributed by atoms with E-state index in [1.807, 2.05) is 23.9 Å². The van der Waals surface area contributed by atoms with E-state index in [1.54, 1.807) is 44.5 Å². The molecule has 0 heterocycles. The molecule has 4 aromatic carbocycles. The second kappa shape index (κ2) is 20.8. The van der Waals surface area contributed by atoms with Crippen molar-refractivity contribution in [1.29, 1.82) is 0 Å². The van der Waals surface area contributed by atoms with Crippen molar-refractivity contribution in [1.82, 2.24) is 0 Å². The van der Waals surface area contributed by atoms with Crippen LogP contribution >= 0.6 is 0 Å². The maximum atomic E-state index is 2.68. The Morgan fingerprint density at radius 1 is 0.483 bits per heavy atom. The number of fused-ring (bicyclic) bond motifs is 2. The molecule has 2 heteroatoms. The zero-order valence-electron chi connectivity index (χ0n) is 36.2. The molecule has 303 valence electrons.